The van der Waals surface area contributed by atoms with E-state index >= 15 is 0 Å². The van der Waals surface area contributed by atoms with Crippen LogP contribution in [-0.4, -0.2) is 229 Å². The molecule has 1 atom stereocenters. The van der Waals surface area contributed by atoms with Crippen LogP contribution in [0.1, 0.15) is 405 Å². The molecule has 1 unspecified atom stereocenters. The number of likely N-dealkylation sites (N-methyl/N-ethyl adjacent to an activating group) is 2. The van der Waals surface area contributed by atoms with Gasteiger partial charge in [-0.25, -0.2) is 19.2 Å². The first-order valence-electron chi connectivity index (χ1n) is 54.3. The fraction of sp³-hybridized carbons (Fsp3) is 0.831. The molecule has 149 heavy (non-hydrogen) atoms. The highest BCUT2D eigenvalue weighted by molar-refractivity contribution is 7.99. The van der Waals surface area contributed by atoms with Gasteiger partial charge in [-0.1, -0.05) is 304 Å². The predicted octanol–water partition coefficient (Wildman–Crippen LogP) is 25.4. The average Bonchev–Trinajstić information content (AvgIpc) is 0.843. The zero-order valence-electron chi connectivity index (χ0n) is 104. The topological polar surface area (TPSA) is 400 Å². The van der Waals surface area contributed by atoms with Gasteiger partial charge in [0.15, 0.2) is 5.78 Å². The van der Waals surface area contributed by atoms with E-state index in [-0.39, 0.29) is 157 Å². The zero-order valence-corrected chi connectivity index (χ0v) is 104. The summed E-state index contributed by atoms with van der Waals surface area (Å²) in [7, 11) is 3.43. The summed E-state index contributed by atoms with van der Waals surface area (Å²) in [5.74, 6) is 3.39. The van der Waals surface area contributed by atoms with E-state index in [9.17, 15) is 67.1 Å². The molecule has 1 aromatic carbocycles. The van der Waals surface area contributed by atoms with Gasteiger partial charge >= 0.3 is 48.3 Å². The van der Waals surface area contributed by atoms with Crippen molar-refractivity contribution < 1.29 is 114 Å². The van der Waals surface area contributed by atoms with Gasteiger partial charge in [-0.3, -0.25) is 47.9 Å². The number of carbonyl (C=O) groups excluding carboxylic acids is 14. The SMILES string of the molecule is CC(C)C(=O)C(C)(C)CC(=O)C(C)(C)NC(=O)OCC(C)(C)C.CC(C)C(=O)CCCCC(=O)C(N)CCCCNC(=O)OCC(C)(C)C.CC(C)C(=O)N(C)CCN(C)C(=O)OCC(C)(C)C.CC(C)C(=O)OCCCNC(=O)OCC(C)(C)C.CC(C)C(=O)OCCCOCC(C)(C)C.CC(C)C(=O)OCCCSCC(C)(C)C.CC(C)COC(=O)C(C)C.Cc1cc(C)c(C(C)(C)CC(=O)C(C)C)c(OCC(C)(C)C)c1. The third-order valence-corrected chi connectivity index (χ3v) is 22.2. The van der Waals surface area contributed by atoms with E-state index in [1.807, 2.05) is 206 Å². The van der Waals surface area contributed by atoms with Gasteiger partial charge in [0.25, 0.3) is 0 Å². The average molecular weight is 2140 g/mol. The number of rotatable bonds is 52. The van der Waals surface area contributed by atoms with Crippen LogP contribution in [0, 0.1) is 110 Å². The number of benzene rings is 1. The molecular formula is C118H222N6O24S. The lowest BCUT2D eigenvalue weighted by atomic mass is 9.76. The minimum absolute atomic E-state index is 0.00116. The molecule has 0 aliphatic rings. The molecule has 0 aromatic heterocycles. The summed E-state index contributed by atoms with van der Waals surface area (Å²) in [5, 5.41) is 7.90. The van der Waals surface area contributed by atoms with Crippen molar-refractivity contribution in [2.75, 3.05) is 124 Å². The second kappa shape index (κ2) is 77.4. The summed E-state index contributed by atoms with van der Waals surface area (Å²) in [6.07, 6.45) is 5.72. The van der Waals surface area contributed by atoms with E-state index in [0.717, 1.165) is 56.0 Å². The van der Waals surface area contributed by atoms with Crippen LogP contribution < -0.4 is 26.4 Å². The summed E-state index contributed by atoms with van der Waals surface area (Å²) in [6, 6.07) is 3.83. The predicted molar refractivity (Wildman–Crippen MR) is 607 cm³/mol. The third-order valence-electron chi connectivity index (χ3n) is 20.5. The number of nitrogens with two attached hydrogens (primary N) is 1. The first-order valence-corrected chi connectivity index (χ1v) is 55.4. The van der Waals surface area contributed by atoms with Crippen molar-refractivity contribution in [2.45, 2.75) is 419 Å². The minimum atomic E-state index is -1.08. The Bertz CT molecular complexity index is 3920. The molecule has 1 aromatic rings. The second-order valence-corrected chi connectivity index (χ2v) is 53.4. The molecule has 5 N–H and O–H groups in total. The van der Waals surface area contributed by atoms with Crippen molar-refractivity contribution in [3.63, 3.8) is 0 Å². The Hall–Kier alpha value is -7.93. The number of ether oxygens (including phenoxy) is 10. The quantitative estimate of drug-likeness (QED) is 0.0267. The highest BCUT2D eigenvalue weighted by atomic mass is 32.2. The van der Waals surface area contributed by atoms with Crippen molar-refractivity contribution in [3.05, 3.63) is 28.8 Å². The van der Waals surface area contributed by atoms with Crippen molar-refractivity contribution in [2.24, 2.45) is 102 Å². The number of nitrogens with zero attached hydrogens (tertiary/aromatic N) is 2. The first-order chi connectivity index (χ1) is 67.4. The highest BCUT2D eigenvalue weighted by Crippen LogP contribution is 2.40. The zero-order chi connectivity index (χ0) is 118. The second-order valence-electron chi connectivity index (χ2n) is 52.3. The molecule has 0 bridgehead atoms. The Labute approximate surface area is 910 Å². The minimum Gasteiger partial charge on any atom is -0.493 e. The van der Waals surface area contributed by atoms with Crippen molar-refractivity contribution >= 4 is 94.8 Å². The molecule has 0 saturated heterocycles. The third kappa shape index (κ3) is 94.5. The van der Waals surface area contributed by atoms with E-state index in [2.05, 4.69) is 118 Å². The number of ketones is 5. The number of esters is 4. The lowest BCUT2D eigenvalue weighted by molar-refractivity contribution is -0.149. The van der Waals surface area contributed by atoms with Crippen LogP contribution in [0.15, 0.2) is 12.1 Å². The fourth-order valence-corrected chi connectivity index (χ4v) is 12.8. The molecule has 0 aliphatic heterocycles. The number of aryl methyl sites for hydroxylation is 2. The van der Waals surface area contributed by atoms with E-state index in [0.29, 0.717) is 141 Å². The Morgan fingerprint density at radius 1 is 0.376 bits per heavy atom. The van der Waals surface area contributed by atoms with Crippen molar-refractivity contribution in [1.82, 2.24) is 25.8 Å². The Kier molecular flexibility index (Phi) is 80.0. The van der Waals surface area contributed by atoms with Crippen LogP contribution >= 0.6 is 11.8 Å². The van der Waals surface area contributed by atoms with E-state index < -0.39 is 35.3 Å². The Morgan fingerprint density at radius 2 is 0.765 bits per heavy atom. The van der Waals surface area contributed by atoms with Gasteiger partial charge in [0.1, 0.15) is 28.9 Å². The Balaban J connectivity index is -0.000000313. The number of carbonyl (C=O) groups is 14. The number of nitrogens with one attached hydrogen (secondary N) is 3. The monoisotopic (exact) mass is 2140 g/mol. The van der Waals surface area contributed by atoms with Gasteiger partial charge in [0.2, 0.25) is 5.91 Å². The number of hydrogen-bond acceptors (Lipinski definition) is 26. The van der Waals surface area contributed by atoms with Crippen LogP contribution in [0.2, 0.25) is 0 Å². The van der Waals surface area contributed by atoms with E-state index in [4.69, 9.17) is 53.1 Å². The maximum atomic E-state index is 12.5. The molecule has 874 valence electrons. The van der Waals surface area contributed by atoms with Gasteiger partial charge in [-0.05, 0) is 145 Å². The molecule has 0 fully saturated rings. The molecule has 0 heterocycles. The molecule has 1 rings (SSSR count). The molecular weight excluding hydrogens is 1920 g/mol. The van der Waals surface area contributed by atoms with Gasteiger partial charge in [-0.2, -0.15) is 11.8 Å². The number of unbranched alkanes of at least 4 members (excludes halogenated alkanes) is 2. The normalized spacial score (nSPS) is 12.1. The number of hydrogen-bond donors (Lipinski definition) is 4. The van der Waals surface area contributed by atoms with Crippen LogP contribution in [0.25, 0.3) is 0 Å². The van der Waals surface area contributed by atoms with Crippen molar-refractivity contribution in [3.8, 4) is 5.75 Å². The van der Waals surface area contributed by atoms with Crippen LogP contribution in [-0.2, 0) is 96.0 Å². The number of alkyl carbamates (subject to hydrolysis) is 3. The summed E-state index contributed by atoms with van der Waals surface area (Å²) >= 11 is 1.93. The van der Waals surface area contributed by atoms with Gasteiger partial charge in [0.05, 0.1) is 101 Å². The van der Waals surface area contributed by atoms with Gasteiger partial charge in [0, 0.05) is 119 Å². The summed E-state index contributed by atoms with van der Waals surface area (Å²) < 4.78 is 52.1. The van der Waals surface area contributed by atoms with Crippen LogP contribution in [0.4, 0.5) is 19.2 Å². The number of thioether (sulfide) groups is 1. The smallest absolute Gasteiger partial charge is 0.409 e. The lowest BCUT2D eigenvalue weighted by Crippen LogP contribution is -2.52. The standard InChI is InChI=1S/C21H34O2.C20H38N2O4.C18H33NO4.C14H28N2O3.C13H25NO4.C12H24O3.C12H24O2S.C8H16O2/c1-14(2)17(22)12-21(8,9)19-16(4)10-15(3)11-18(19)23-13-20(5,6)7;1-15(2)17(23)11-6-7-12-18(24)16(21)10-8-9-13-22-19(25)26-14-20(3,4)5;1-12(2)14(21)17(6,7)10-13(20)18(8,9)19-15(22)23-11-16(3,4)5;1-11(2)12(17)15(6)8-9-16(7)13(18)19-10-14(3,4)5;1-10(2)11(15)17-8-6-7-14-12(16)18-9-13(3,4)5;1-10(2)11(13)15-8-6-7-14-9-12(3,4)5;1-10(2)11(13)14-7-6-8-15-9-12(3,4)5;1-6(2)5-10-8(9)7(3)4/h10-11,14H,12-13H2,1-9H3;15-16H,6-14,21H2,1-5H3,(H,22,25);12H,10-11H2,1-9H3,(H,19,22);11H,8-10H2,1-7H3;10H,6-9H2,1-5H3,(H,14,16);2*10H,6-9H2,1-5H3;6-7H,5H2,1-4H3. The number of amides is 5. The molecule has 30 nitrogen and oxygen atoms in total. The lowest BCUT2D eigenvalue weighted by Gasteiger charge is -2.31. The molecule has 0 spiro atoms. The number of Topliss-reactive ketones (excluding diaryl/α,β-unsaturated/α-hetero) is 5. The fourth-order valence-electron chi connectivity index (χ4n) is 11.8. The molecule has 0 saturated carbocycles. The first kappa shape index (κ1) is 154. The molecule has 0 aliphatic carbocycles. The molecule has 5 amide bonds. The maximum absolute atomic E-state index is 12.5. The molecule has 31 heteroatoms. The Morgan fingerprint density at radius 3 is 1.16 bits per heavy atom. The van der Waals surface area contributed by atoms with E-state index in [1.54, 1.807) is 60.5 Å². The van der Waals surface area contributed by atoms with Gasteiger partial charge < -0.3 is 78.9 Å². The van der Waals surface area contributed by atoms with Crippen LogP contribution in [0.3, 0.4) is 0 Å². The maximum Gasteiger partial charge on any atom is 0.409 e. The largest absolute Gasteiger partial charge is 0.493 e. The molecule has 0 radical (unpaired) electrons. The summed E-state index contributed by atoms with van der Waals surface area (Å²) in [5.41, 5.74) is 7.85. The summed E-state index contributed by atoms with van der Waals surface area (Å²) in [6.45, 7) is 99.8. The van der Waals surface area contributed by atoms with Crippen molar-refractivity contribution in [1.29, 1.82) is 0 Å². The highest BCUT2D eigenvalue weighted by Gasteiger charge is 2.39. The van der Waals surface area contributed by atoms with Crippen LogP contribution in [0.5, 0.6) is 5.75 Å². The van der Waals surface area contributed by atoms with Gasteiger partial charge in [-0.15, -0.1) is 0 Å². The summed E-state index contributed by atoms with van der Waals surface area (Å²) in [4.78, 5) is 166. The van der Waals surface area contributed by atoms with E-state index in [1.165, 1.54) is 21.6 Å².